The van der Waals surface area contributed by atoms with Gasteiger partial charge < -0.3 is 5.11 Å². The predicted molar refractivity (Wildman–Crippen MR) is 74.0 cm³/mol. The molecular weight excluding hydrogens is 336 g/mol. The number of aromatic nitrogens is 3. The van der Waals surface area contributed by atoms with Gasteiger partial charge >= 0.3 is 0 Å². The van der Waals surface area contributed by atoms with Gasteiger partial charge in [0.2, 0.25) is 5.03 Å². The largest absolute Gasteiger partial charge is 0.396 e. The van der Waals surface area contributed by atoms with Crippen LogP contribution in [-0.4, -0.2) is 41.7 Å². The fourth-order valence-electron chi connectivity index (χ4n) is 1.70. The lowest BCUT2D eigenvalue weighted by atomic mass is 9.84. The number of nitrogens with one attached hydrogen (secondary N) is 1. The summed E-state index contributed by atoms with van der Waals surface area (Å²) in [5, 5.41) is 16.7. The number of sulfonamides is 1. The number of halogens is 1. The summed E-state index contributed by atoms with van der Waals surface area (Å²) >= 11 is 3.06. The van der Waals surface area contributed by atoms with E-state index in [0.29, 0.717) is 12.8 Å². The van der Waals surface area contributed by atoms with E-state index in [1.807, 2.05) is 13.8 Å². The first-order valence-corrected chi connectivity index (χ1v) is 8.25. The third-order valence-electron chi connectivity index (χ3n) is 3.46. The number of nitrogens with zero attached hydrogens (tertiary/aromatic N) is 3. The summed E-state index contributed by atoms with van der Waals surface area (Å²) < 4.78 is 28.3. The van der Waals surface area contributed by atoms with Crippen molar-refractivity contribution in [2.24, 2.45) is 12.5 Å². The SMILES string of the molecule is CCC(CC)(CO)CNS(=O)(=O)c1c(Br)nnn1C. The summed E-state index contributed by atoms with van der Waals surface area (Å²) in [4.78, 5) is 0. The number of rotatable bonds is 7. The van der Waals surface area contributed by atoms with Crippen LogP contribution in [-0.2, 0) is 17.1 Å². The molecule has 19 heavy (non-hydrogen) atoms. The quantitative estimate of drug-likeness (QED) is 0.749. The Bertz CT molecular complexity index is 497. The lowest BCUT2D eigenvalue weighted by molar-refractivity contribution is 0.119. The summed E-state index contributed by atoms with van der Waals surface area (Å²) in [5.74, 6) is 0. The smallest absolute Gasteiger partial charge is 0.260 e. The molecule has 1 aromatic heterocycles. The third-order valence-corrected chi connectivity index (χ3v) is 5.75. The molecule has 0 aliphatic carbocycles. The van der Waals surface area contributed by atoms with Crippen molar-refractivity contribution in [3.8, 4) is 0 Å². The van der Waals surface area contributed by atoms with Crippen LogP contribution in [0.25, 0.3) is 0 Å². The van der Waals surface area contributed by atoms with E-state index in [4.69, 9.17) is 0 Å². The van der Waals surface area contributed by atoms with Gasteiger partial charge in [0.25, 0.3) is 10.0 Å². The first-order chi connectivity index (χ1) is 8.82. The highest BCUT2D eigenvalue weighted by molar-refractivity contribution is 9.10. The Labute approximate surface area is 121 Å². The molecule has 0 amide bonds. The highest BCUT2D eigenvalue weighted by Gasteiger charge is 2.30. The minimum Gasteiger partial charge on any atom is -0.396 e. The number of hydrogen-bond acceptors (Lipinski definition) is 5. The zero-order valence-electron chi connectivity index (χ0n) is 11.2. The number of aliphatic hydroxyl groups is 1. The summed E-state index contributed by atoms with van der Waals surface area (Å²) in [6.45, 7) is 3.97. The zero-order valence-corrected chi connectivity index (χ0v) is 13.6. The normalized spacial score (nSPS) is 12.9. The van der Waals surface area contributed by atoms with Crippen LogP contribution >= 0.6 is 15.9 Å². The molecular formula is C10H19BrN4O3S. The van der Waals surface area contributed by atoms with Gasteiger partial charge in [-0.2, -0.15) is 0 Å². The minimum atomic E-state index is -3.71. The van der Waals surface area contributed by atoms with Gasteiger partial charge in [0.05, 0.1) is 0 Å². The van der Waals surface area contributed by atoms with Crippen LogP contribution in [0.5, 0.6) is 0 Å². The third kappa shape index (κ3) is 3.53. The van der Waals surface area contributed by atoms with Gasteiger partial charge in [-0.25, -0.2) is 17.8 Å². The number of aryl methyl sites for hydroxylation is 1. The van der Waals surface area contributed by atoms with Gasteiger partial charge in [-0.05, 0) is 28.8 Å². The van der Waals surface area contributed by atoms with Gasteiger partial charge in [-0.3, -0.25) is 0 Å². The Morgan fingerprint density at radius 3 is 2.37 bits per heavy atom. The van der Waals surface area contributed by atoms with Gasteiger partial charge in [0.1, 0.15) is 0 Å². The average Bonchev–Trinajstić information content (AvgIpc) is 2.72. The molecule has 1 heterocycles. The molecule has 0 radical (unpaired) electrons. The van der Waals surface area contributed by atoms with Gasteiger partial charge in [0, 0.05) is 25.6 Å². The van der Waals surface area contributed by atoms with E-state index in [9.17, 15) is 13.5 Å². The molecule has 2 N–H and O–H groups in total. The van der Waals surface area contributed by atoms with E-state index < -0.39 is 15.4 Å². The monoisotopic (exact) mass is 354 g/mol. The molecule has 0 fully saturated rings. The van der Waals surface area contributed by atoms with Crippen molar-refractivity contribution >= 4 is 26.0 Å². The first kappa shape index (κ1) is 16.5. The van der Waals surface area contributed by atoms with Crippen LogP contribution in [0.1, 0.15) is 26.7 Å². The van der Waals surface area contributed by atoms with Crippen molar-refractivity contribution in [1.29, 1.82) is 0 Å². The van der Waals surface area contributed by atoms with Crippen molar-refractivity contribution in [2.45, 2.75) is 31.7 Å². The molecule has 0 aliphatic rings. The Hall–Kier alpha value is -0.510. The molecule has 0 unspecified atom stereocenters. The molecule has 1 aromatic rings. The maximum absolute atomic E-state index is 12.2. The van der Waals surface area contributed by atoms with E-state index in [-0.39, 0.29) is 22.8 Å². The molecule has 0 saturated heterocycles. The van der Waals surface area contributed by atoms with Crippen LogP contribution in [0, 0.1) is 5.41 Å². The maximum atomic E-state index is 12.2. The van der Waals surface area contributed by atoms with Gasteiger partial charge in [-0.15, -0.1) is 5.10 Å². The Morgan fingerprint density at radius 1 is 1.42 bits per heavy atom. The topological polar surface area (TPSA) is 97.1 Å². The van der Waals surface area contributed by atoms with Crippen molar-refractivity contribution in [1.82, 2.24) is 19.7 Å². The van der Waals surface area contributed by atoms with Crippen LogP contribution in [0.4, 0.5) is 0 Å². The Balaban J connectivity index is 2.93. The van der Waals surface area contributed by atoms with Crippen molar-refractivity contribution < 1.29 is 13.5 Å². The van der Waals surface area contributed by atoms with E-state index in [1.54, 1.807) is 0 Å². The second-order valence-electron chi connectivity index (χ2n) is 4.50. The molecule has 0 saturated carbocycles. The van der Waals surface area contributed by atoms with Crippen molar-refractivity contribution in [3.63, 3.8) is 0 Å². The molecule has 1 rings (SSSR count). The van der Waals surface area contributed by atoms with Crippen LogP contribution < -0.4 is 4.72 Å². The van der Waals surface area contributed by atoms with Gasteiger partial charge in [-0.1, -0.05) is 19.1 Å². The minimum absolute atomic E-state index is 0.0217. The average molecular weight is 355 g/mol. The summed E-state index contributed by atoms with van der Waals surface area (Å²) in [6, 6.07) is 0. The predicted octanol–water partition coefficient (Wildman–Crippen LogP) is 0.655. The highest BCUT2D eigenvalue weighted by atomic mass is 79.9. The zero-order chi connectivity index (χ0) is 14.7. The second-order valence-corrected chi connectivity index (χ2v) is 6.93. The summed E-state index contributed by atoms with van der Waals surface area (Å²) in [5.41, 5.74) is -0.439. The van der Waals surface area contributed by atoms with E-state index in [0.717, 1.165) is 0 Å². The van der Waals surface area contributed by atoms with Crippen molar-refractivity contribution in [3.05, 3.63) is 4.60 Å². The molecule has 0 atom stereocenters. The van der Waals surface area contributed by atoms with E-state index >= 15 is 0 Å². The van der Waals surface area contributed by atoms with Crippen LogP contribution in [0.3, 0.4) is 0 Å². The highest BCUT2D eigenvalue weighted by Crippen LogP contribution is 2.26. The van der Waals surface area contributed by atoms with Crippen LogP contribution in [0.15, 0.2) is 9.63 Å². The summed E-state index contributed by atoms with van der Waals surface area (Å²) in [6.07, 6.45) is 1.38. The van der Waals surface area contributed by atoms with Crippen LogP contribution in [0.2, 0.25) is 0 Å². The number of hydrogen-bond donors (Lipinski definition) is 2. The van der Waals surface area contributed by atoms with Gasteiger partial charge in [0.15, 0.2) is 4.60 Å². The Kier molecular flexibility index (Phi) is 5.48. The van der Waals surface area contributed by atoms with E-state index in [2.05, 4.69) is 31.0 Å². The second kappa shape index (κ2) is 6.29. The molecule has 9 heteroatoms. The lowest BCUT2D eigenvalue weighted by Gasteiger charge is -2.29. The fraction of sp³-hybridized carbons (Fsp3) is 0.800. The molecule has 7 nitrogen and oxygen atoms in total. The first-order valence-electron chi connectivity index (χ1n) is 5.97. The molecule has 0 aliphatic heterocycles. The molecule has 0 aromatic carbocycles. The molecule has 110 valence electrons. The molecule has 0 spiro atoms. The molecule has 0 bridgehead atoms. The standard InChI is InChI=1S/C10H19BrN4O3S/c1-4-10(5-2,7-16)6-12-19(17,18)9-8(11)13-14-15(9)3/h12,16H,4-7H2,1-3H3. The van der Waals surface area contributed by atoms with E-state index in [1.165, 1.54) is 11.7 Å². The Morgan fingerprint density at radius 2 is 2.00 bits per heavy atom. The fourth-order valence-corrected chi connectivity index (χ4v) is 3.95. The lowest BCUT2D eigenvalue weighted by Crippen LogP contribution is -2.39. The number of aliphatic hydroxyl groups excluding tert-OH is 1. The summed E-state index contributed by atoms with van der Waals surface area (Å²) in [7, 11) is -2.21. The maximum Gasteiger partial charge on any atom is 0.260 e. The van der Waals surface area contributed by atoms with Crippen molar-refractivity contribution in [2.75, 3.05) is 13.2 Å².